The fraction of sp³-hybridized carbons (Fsp3) is 0.615. The Balaban J connectivity index is 1.79. The average Bonchev–Trinajstić information content (AvgIpc) is 2.96. The number of carbonyl (C=O) groups is 1. The number of nitrogens with two attached hydrogens (primary N) is 1. The Morgan fingerprint density at radius 3 is 3.22 bits per heavy atom. The Kier molecular flexibility index (Phi) is 2.92. The summed E-state index contributed by atoms with van der Waals surface area (Å²) in [5.74, 6) is 0.143. The van der Waals surface area contributed by atoms with E-state index in [0.717, 1.165) is 19.5 Å². The topological polar surface area (TPSA) is 55.6 Å². The van der Waals surface area contributed by atoms with Crippen LogP contribution in [-0.4, -0.2) is 36.6 Å². The maximum Gasteiger partial charge on any atom is 0.232 e. The Hall–Kier alpha value is -0.910. The van der Waals surface area contributed by atoms with Crippen LogP contribution in [0.2, 0.25) is 0 Å². The molecule has 0 spiro atoms. The van der Waals surface area contributed by atoms with Gasteiger partial charge in [-0.15, -0.1) is 11.3 Å². The van der Waals surface area contributed by atoms with Crippen LogP contribution in [-0.2, 0) is 22.5 Å². The van der Waals surface area contributed by atoms with E-state index in [1.807, 2.05) is 11.8 Å². The average molecular weight is 266 g/mol. The molecule has 5 heteroatoms. The van der Waals surface area contributed by atoms with Crippen LogP contribution in [0.15, 0.2) is 11.4 Å². The van der Waals surface area contributed by atoms with E-state index < -0.39 is 5.41 Å². The minimum absolute atomic E-state index is 0.143. The molecule has 2 unspecified atom stereocenters. The van der Waals surface area contributed by atoms with Crippen LogP contribution in [0.25, 0.3) is 0 Å². The maximum absolute atomic E-state index is 12.6. The number of hydrogen-bond acceptors (Lipinski definition) is 4. The summed E-state index contributed by atoms with van der Waals surface area (Å²) in [6, 6.07) is 1.93. The molecule has 2 aliphatic rings. The first-order valence-electron chi connectivity index (χ1n) is 6.29. The summed E-state index contributed by atoms with van der Waals surface area (Å²) in [6.07, 6.45) is 0.963. The van der Waals surface area contributed by atoms with Crippen molar-refractivity contribution in [3.8, 4) is 0 Å². The monoisotopic (exact) mass is 266 g/mol. The number of amides is 1. The van der Waals surface area contributed by atoms with Gasteiger partial charge in [0.1, 0.15) is 0 Å². The van der Waals surface area contributed by atoms with Crippen LogP contribution in [0.1, 0.15) is 17.4 Å². The van der Waals surface area contributed by atoms with Crippen LogP contribution < -0.4 is 5.73 Å². The third-order valence-electron chi connectivity index (χ3n) is 4.10. The number of ether oxygens (including phenoxy) is 1. The summed E-state index contributed by atoms with van der Waals surface area (Å²) in [5.41, 5.74) is 6.76. The predicted octanol–water partition coefficient (Wildman–Crippen LogP) is 0.997. The van der Waals surface area contributed by atoms with Crippen molar-refractivity contribution in [2.45, 2.75) is 25.9 Å². The van der Waals surface area contributed by atoms with Gasteiger partial charge in [-0.25, -0.2) is 0 Å². The molecule has 2 N–H and O–H groups in total. The number of fused-ring (bicyclic) bond motifs is 1. The largest absolute Gasteiger partial charge is 0.379 e. The molecule has 18 heavy (non-hydrogen) atoms. The van der Waals surface area contributed by atoms with Crippen molar-refractivity contribution >= 4 is 17.2 Å². The first-order valence-corrected chi connectivity index (χ1v) is 7.17. The van der Waals surface area contributed by atoms with E-state index in [2.05, 4.69) is 11.4 Å². The maximum atomic E-state index is 12.6. The summed E-state index contributed by atoms with van der Waals surface area (Å²) in [7, 11) is 0. The molecule has 1 aromatic heterocycles. The minimum atomic E-state index is -0.548. The molecule has 0 radical (unpaired) electrons. The van der Waals surface area contributed by atoms with E-state index in [9.17, 15) is 4.79 Å². The van der Waals surface area contributed by atoms with E-state index in [1.54, 1.807) is 11.3 Å². The molecule has 2 aliphatic heterocycles. The second-order valence-electron chi connectivity index (χ2n) is 5.38. The highest BCUT2D eigenvalue weighted by Crippen LogP contribution is 2.32. The van der Waals surface area contributed by atoms with Crippen molar-refractivity contribution in [1.29, 1.82) is 0 Å². The zero-order valence-electron chi connectivity index (χ0n) is 10.5. The van der Waals surface area contributed by atoms with Crippen molar-refractivity contribution < 1.29 is 9.53 Å². The SMILES string of the molecule is CC1(C(=O)N2CCc3sccc3C2)COCC1N. The van der Waals surface area contributed by atoms with Gasteiger partial charge >= 0.3 is 0 Å². The standard InChI is InChI=1S/C13H18N2O2S/c1-13(8-17-7-11(13)14)12(16)15-4-2-10-9(6-15)3-5-18-10/h3,5,11H,2,4,6-8,14H2,1H3. The van der Waals surface area contributed by atoms with E-state index >= 15 is 0 Å². The number of nitrogens with zero attached hydrogens (tertiary/aromatic N) is 1. The van der Waals surface area contributed by atoms with Gasteiger partial charge in [-0.2, -0.15) is 0 Å². The van der Waals surface area contributed by atoms with Crippen LogP contribution >= 0.6 is 11.3 Å². The molecule has 98 valence electrons. The molecule has 1 saturated heterocycles. The number of hydrogen-bond donors (Lipinski definition) is 1. The molecular formula is C13H18N2O2S. The van der Waals surface area contributed by atoms with Gasteiger partial charge in [-0.3, -0.25) is 4.79 Å². The highest BCUT2D eigenvalue weighted by atomic mass is 32.1. The Labute approximate surface area is 111 Å². The van der Waals surface area contributed by atoms with Gasteiger partial charge in [-0.1, -0.05) is 0 Å². The summed E-state index contributed by atoms with van der Waals surface area (Å²) in [4.78, 5) is 16.0. The molecule has 0 saturated carbocycles. The lowest BCUT2D eigenvalue weighted by Gasteiger charge is -2.35. The molecule has 3 heterocycles. The Bertz CT molecular complexity index is 473. The van der Waals surface area contributed by atoms with Crippen molar-refractivity contribution in [3.63, 3.8) is 0 Å². The fourth-order valence-corrected chi connectivity index (χ4v) is 3.58. The van der Waals surface area contributed by atoms with Crippen LogP contribution in [0.5, 0.6) is 0 Å². The van der Waals surface area contributed by atoms with E-state index in [4.69, 9.17) is 10.5 Å². The lowest BCUT2D eigenvalue weighted by molar-refractivity contribution is -0.142. The third kappa shape index (κ3) is 1.77. The molecular weight excluding hydrogens is 248 g/mol. The first kappa shape index (κ1) is 12.1. The summed E-state index contributed by atoms with van der Waals surface area (Å²) >= 11 is 1.78. The molecule has 4 nitrogen and oxygen atoms in total. The lowest BCUT2D eigenvalue weighted by Crippen LogP contribution is -2.52. The zero-order valence-corrected chi connectivity index (χ0v) is 11.3. The third-order valence-corrected chi connectivity index (χ3v) is 5.12. The highest BCUT2D eigenvalue weighted by molar-refractivity contribution is 7.10. The van der Waals surface area contributed by atoms with Gasteiger partial charge in [0.2, 0.25) is 5.91 Å². The van der Waals surface area contributed by atoms with Crippen LogP contribution in [0, 0.1) is 5.41 Å². The fourth-order valence-electron chi connectivity index (χ4n) is 2.69. The van der Waals surface area contributed by atoms with Gasteiger partial charge in [0.25, 0.3) is 0 Å². The molecule has 0 aliphatic carbocycles. The molecule has 0 bridgehead atoms. The van der Waals surface area contributed by atoms with E-state index in [-0.39, 0.29) is 11.9 Å². The quantitative estimate of drug-likeness (QED) is 0.825. The van der Waals surface area contributed by atoms with Gasteiger partial charge in [0.15, 0.2) is 0 Å². The molecule has 1 aromatic rings. The van der Waals surface area contributed by atoms with E-state index in [0.29, 0.717) is 13.2 Å². The predicted molar refractivity (Wildman–Crippen MR) is 70.3 cm³/mol. The summed E-state index contributed by atoms with van der Waals surface area (Å²) in [6.45, 7) is 4.38. The van der Waals surface area contributed by atoms with Gasteiger partial charge in [0.05, 0.1) is 18.6 Å². The number of rotatable bonds is 1. The van der Waals surface area contributed by atoms with Gasteiger partial charge in [0, 0.05) is 24.0 Å². The van der Waals surface area contributed by atoms with E-state index in [1.165, 1.54) is 10.4 Å². The van der Waals surface area contributed by atoms with Crippen molar-refractivity contribution in [1.82, 2.24) is 4.90 Å². The summed E-state index contributed by atoms with van der Waals surface area (Å²) < 4.78 is 5.37. The summed E-state index contributed by atoms with van der Waals surface area (Å²) in [5, 5.41) is 2.10. The molecule has 1 amide bonds. The van der Waals surface area contributed by atoms with Crippen LogP contribution in [0.3, 0.4) is 0 Å². The minimum Gasteiger partial charge on any atom is -0.379 e. The molecule has 3 rings (SSSR count). The van der Waals surface area contributed by atoms with Crippen molar-refractivity contribution in [3.05, 3.63) is 21.9 Å². The first-order chi connectivity index (χ1) is 8.61. The Morgan fingerprint density at radius 2 is 2.50 bits per heavy atom. The molecule has 2 atom stereocenters. The highest BCUT2D eigenvalue weighted by Gasteiger charge is 2.46. The van der Waals surface area contributed by atoms with Crippen molar-refractivity contribution in [2.24, 2.45) is 11.1 Å². The lowest BCUT2D eigenvalue weighted by atomic mass is 9.83. The molecule has 0 aromatic carbocycles. The second-order valence-corrected chi connectivity index (χ2v) is 6.39. The van der Waals surface area contributed by atoms with Crippen molar-refractivity contribution in [2.75, 3.05) is 19.8 Å². The van der Waals surface area contributed by atoms with Crippen LogP contribution in [0.4, 0.5) is 0 Å². The Morgan fingerprint density at radius 1 is 1.67 bits per heavy atom. The zero-order chi connectivity index (χ0) is 12.8. The number of thiophene rings is 1. The van der Waals surface area contributed by atoms with Gasteiger partial charge < -0.3 is 15.4 Å². The normalized spacial score (nSPS) is 31.4. The number of carbonyl (C=O) groups excluding carboxylic acids is 1. The molecule has 1 fully saturated rings. The van der Waals surface area contributed by atoms with Gasteiger partial charge in [-0.05, 0) is 30.4 Å². The smallest absolute Gasteiger partial charge is 0.232 e. The second kappa shape index (κ2) is 4.33.